The van der Waals surface area contributed by atoms with Crippen LogP contribution in [0.2, 0.25) is 5.02 Å². The van der Waals surface area contributed by atoms with Gasteiger partial charge in [-0.2, -0.15) is 0 Å². The molecule has 1 aromatic carbocycles. The first-order valence-corrected chi connectivity index (χ1v) is 4.26. The standard InChI is InChI=1S/C10H11ClFN/c1-6(2)10(13)8-4-3-7(11)5-9(8)12/h3-5,10H,1,13H2,2H3. The molecule has 0 bridgehead atoms. The third-order valence-electron chi connectivity index (χ3n) is 1.83. The van der Waals surface area contributed by atoms with Crippen LogP contribution in [-0.4, -0.2) is 0 Å². The third kappa shape index (κ3) is 2.29. The van der Waals surface area contributed by atoms with Crippen LogP contribution in [0.1, 0.15) is 18.5 Å². The molecule has 13 heavy (non-hydrogen) atoms. The SMILES string of the molecule is C=C(C)C(N)c1ccc(Cl)cc1F. The van der Waals surface area contributed by atoms with Crippen molar-refractivity contribution in [2.75, 3.05) is 0 Å². The van der Waals surface area contributed by atoms with Crippen LogP contribution in [0.25, 0.3) is 0 Å². The van der Waals surface area contributed by atoms with Gasteiger partial charge in [-0.25, -0.2) is 4.39 Å². The van der Waals surface area contributed by atoms with Gasteiger partial charge in [0.05, 0.1) is 6.04 Å². The highest BCUT2D eigenvalue weighted by molar-refractivity contribution is 6.30. The number of halogens is 2. The number of rotatable bonds is 2. The molecule has 0 fully saturated rings. The van der Waals surface area contributed by atoms with Crippen molar-refractivity contribution in [3.05, 3.63) is 46.8 Å². The Morgan fingerprint density at radius 2 is 2.23 bits per heavy atom. The van der Waals surface area contributed by atoms with Crippen LogP contribution in [0.5, 0.6) is 0 Å². The van der Waals surface area contributed by atoms with Crippen LogP contribution in [0, 0.1) is 5.82 Å². The highest BCUT2D eigenvalue weighted by Crippen LogP contribution is 2.22. The van der Waals surface area contributed by atoms with Crippen molar-refractivity contribution in [3.63, 3.8) is 0 Å². The zero-order chi connectivity index (χ0) is 10.0. The minimum absolute atomic E-state index is 0.371. The summed E-state index contributed by atoms with van der Waals surface area (Å²) in [6, 6.07) is 3.98. The molecule has 0 spiro atoms. The molecule has 1 rings (SSSR count). The van der Waals surface area contributed by atoms with Crippen LogP contribution in [0.3, 0.4) is 0 Å². The molecule has 1 atom stereocenters. The molecule has 0 saturated carbocycles. The molecule has 0 amide bonds. The van der Waals surface area contributed by atoms with Gasteiger partial charge in [-0.05, 0) is 19.1 Å². The smallest absolute Gasteiger partial charge is 0.129 e. The van der Waals surface area contributed by atoms with E-state index in [-0.39, 0.29) is 5.82 Å². The fourth-order valence-corrected chi connectivity index (χ4v) is 1.18. The molecule has 1 aromatic rings. The number of hydrogen-bond acceptors (Lipinski definition) is 1. The molecule has 3 heteroatoms. The molecule has 2 N–H and O–H groups in total. The summed E-state index contributed by atoms with van der Waals surface area (Å²) >= 11 is 5.60. The van der Waals surface area contributed by atoms with Gasteiger partial charge in [0, 0.05) is 10.6 Å². The van der Waals surface area contributed by atoms with Crippen LogP contribution in [-0.2, 0) is 0 Å². The predicted octanol–water partition coefficient (Wildman–Crippen LogP) is 3.06. The Morgan fingerprint density at radius 1 is 1.62 bits per heavy atom. The van der Waals surface area contributed by atoms with E-state index in [0.717, 1.165) is 5.57 Å². The molecule has 1 unspecified atom stereocenters. The minimum atomic E-state index is -0.461. The Morgan fingerprint density at radius 3 is 2.69 bits per heavy atom. The molecule has 70 valence electrons. The highest BCUT2D eigenvalue weighted by Gasteiger charge is 2.11. The fraction of sp³-hybridized carbons (Fsp3) is 0.200. The van der Waals surface area contributed by atoms with E-state index in [1.165, 1.54) is 6.07 Å². The Kier molecular flexibility index (Phi) is 3.07. The first-order chi connectivity index (χ1) is 6.02. The Balaban J connectivity index is 3.08. The van der Waals surface area contributed by atoms with Gasteiger partial charge in [0.25, 0.3) is 0 Å². The number of hydrogen-bond donors (Lipinski definition) is 1. The topological polar surface area (TPSA) is 26.0 Å². The van der Waals surface area contributed by atoms with E-state index in [2.05, 4.69) is 6.58 Å². The molecule has 0 radical (unpaired) electrons. The Hall–Kier alpha value is -0.860. The monoisotopic (exact) mass is 199 g/mol. The zero-order valence-corrected chi connectivity index (χ0v) is 8.11. The summed E-state index contributed by atoms with van der Waals surface area (Å²) in [5, 5.41) is 0.371. The maximum absolute atomic E-state index is 13.3. The predicted molar refractivity (Wildman–Crippen MR) is 53.2 cm³/mol. The van der Waals surface area contributed by atoms with Gasteiger partial charge in [0.1, 0.15) is 5.82 Å². The third-order valence-corrected chi connectivity index (χ3v) is 2.06. The van der Waals surface area contributed by atoms with E-state index in [0.29, 0.717) is 10.6 Å². The highest BCUT2D eigenvalue weighted by atomic mass is 35.5. The fourth-order valence-electron chi connectivity index (χ4n) is 1.02. The summed E-state index contributed by atoms with van der Waals surface area (Å²) in [4.78, 5) is 0. The summed E-state index contributed by atoms with van der Waals surface area (Å²) in [6.07, 6.45) is 0. The average molecular weight is 200 g/mol. The second-order valence-corrected chi connectivity index (χ2v) is 3.43. The Bertz CT molecular complexity index is 336. The first kappa shape index (κ1) is 10.2. The molecule has 0 heterocycles. The normalized spacial score (nSPS) is 12.6. The molecule has 0 aliphatic heterocycles. The van der Waals surface area contributed by atoms with Crippen molar-refractivity contribution in [2.24, 2.45) is 5.73 Å². The van der Waals surface area contributed by atoms with E-state index >= 15 is 0 Å². The van der Waals surface area contributed by atoms with Crippen molar-refractivity contribution in [1.82, 2.24) is 0 Å². The molecular weight excluding hydrogens is 189 g/mol. The van der Waals surface area contributed by atoms with E-state index in [9.17, 15) is 4.39 Å². The lowest BCUT2D eigenvalue weighted by atomic mass is 10.0. The lowest BCUT2D eigenvalue weighted by Crippen LogP contribution is -2.12. The number of nitrogens with two attached hydrogens (primary N) is 1. The van der Waals surface area contributed by atoms with Gasteiger partial charge in [-0.15, -0.1) is 0 Å². The number of benzene rings is 1. The summed E-state index contributed by atoms with van der Waals surface area (Å²) < 4.78 is 13.3. The van der Waals surface area contributed by atoms with Crippen LogP contribution < -0.4 is 5.73 Å². The molecule has 0 aliphatic carbocycles. The van der Waals surface area contributed by atoms with Crippen molar-refractivity contribution in [3.8, 4) is 0 Å². The summed E-state index contributed by atoms with van der Waals surface area (Å²) in [5.74, 6) is -0.386. The molecule has 1 nitrogen and oxygen atoms in total. The average Bonchev–Trinajstić information content (AvgIpc) is 2.03. The second kappa shape index (κ2) is 3.90. The van der Waals surface area contributed by atoms with E-state index in [1.54, 1.807) is 19.1 Å². The van der Waals surface area contributed by atoms with Gasteiger partial charge < -0.3 is 5.73 Å². The lowest BCUT2D eigenvalue weighted by molar-refractivity contribution is 0.598. The van der Waals surface area contributed by atoms with Crippen molar-refractivity contribution in [2.45, 2.75) is 13.0 Å². The summed E-state index contributed by atoms with van der Waals surface area (Å²) in [7, 11) is 0. The van der Waals surface area contributed by atoms with Crippen molar-refractivity contribution >= 4 is 11.6 Å². The van der Waals surface area contributed by atoms with Gasteiger partial charge in [-0.3, -0.25) is 0 Å². The van der Waals surface area contributed by atoms with Crippen LogP contribution in [0.15, 0.2) is 30.4 Å². The van der Waals surface area contributed by atoms with E-state index in [4.69, 9.17) is 17.3 Å². The zero-order valence-electron chi connectivity index (χ0n) is 7.35. The Labute approximate surface area is 82.0 Å². The van der Waals surface area contributed by atoms with Gasteiger partial charge in [-0.1, -0.05) is 29.8 Å². The first-order valence-electron chi connectivity index (χ1n) is 3.88. The largest absolute Gasteiger partial charge is 0.320 e. The van der Waals surface area contributed by atoms with Crippen LogP contribution >= 0.6 is 11.6 Å². The van der Waals surface area contributed by atoms with E-state index in [1.807, 2.05) is 0 Å². The molecule has 0 aromatic heterocycles. The van der Waals surface area contributed by atoms with Crippen molar-refractivity contribution in [1.29, 1.82) is 0 Å². The van der Waals surface area contributed by atoms with E-state index < -0.39 is 6.04 Å². The summed E-state index contributed by atoms with van der Waals surface area (Å²) in [6.45, 7) is 5.43. The second-order valence-electron chi connectivity index (χ2n) is 2.99. The van der Waals surface area contributed by atoms with Gasteiger partial charge in [0.2, 0.25) is 0 Å². The van der Waals surface area contributed by atoms with Gasteiger partial charge >= 0.3 is 0 Å². The molecule has 0 aliphatic rings. The van der Waals surface area contributed by atoms with Crippen molar-refractivity contribution < 1.29 is 4.39 Å². The lowest BCUT2D eigenvalue weighted by Gasteiger charge is -2.12. The van der Waals surface area contributed by atoms with Gasteiger partial charge in [0.15, 0.2) is 0 Å². The summed E-state index contributed by atoms with van der Waals surface area (Å²) in [5.41, 5.74) is 6.86. The quantitative estimate of drug-likeness (QED) is 0.728. The molecular formula is C10H11ClFN. The van der Waals surface area contributed by atoms with Crippen LogP contribution in [0.4, 0.5) is 4.39 Å². The molecule has 0 saturated heterocycles. The maximum Gasteiger partial charge on any atom is 0.129 e. The minimum Gasteiger partial charge on any atom is -0.320 e. The maximum atomic E-state index is 13.3.